The molecule has 6 heteroatoms. The number of rotatable bonds is 6. The molecule has 1 saturated heterocycles. The first-order chi connectivity index (χ1) is 10.8. The average molecular weight is 318 g/mol. The Bertz CT molecular complexity index is 570. The number of hydrogen-bond acceptors (Lipinski definition) is 4. The maximum absolute atomic E-state index is 12.2. The van der Waals surface area contributed by atoms with Crippen LogP contribution in [0.15, 0.2) is 18.3 Å². The Balaban J connectivity index is 1.96. The molecule has 0 radical (unpaired) electrons. The van der Waals surface area contributed by atoms with Crippen molar-refractivity contribution in [1.82, 2.24) is 15.6 Å². The summed E-state index contributed by atoms with van der Waals surface area (Å²) in [6, 6.07) is 4.02. The molecule has 2 amide bonds. The third kappa shape index (κ3) is 4.21. The van der Waals surface area contributed by atoms with Crippen LogP contribution in [0.4, 0.5) is 5.82 Å². The lowest BCUT2D eigenvalue weighted by Gasteiger charge is -2.26. The predicted octanol–water partition coefficient (Wildman–Crippen LogP) is 1.71. The minimum atomic E-state index is -0.350. The van der Waals surface area contributed by atoms with Gasteiger partial charge in [-0.3, -0.25) is 9.59 Å². The summed E-state index contributed by atoms with van der Waals surface area (Å²) in [5.41, 5.74) is 0.179. The van der Waals surface area contributed by atoms with E-state index in [0.29, 0.717) is 24.6 Å². The molecule has 0 bridgehead atoms. The van der Waals surface area contributed by atoms with Gasteiger partial charge in [0.2, 0.25) is 5.91 Å². The fourth-order valence-electron chi connectivity index (χ4n) is 2.84. The van der Waals surface area contributed by atoms with Crippen molar-refractivity contribution >= 4 is 17.6 Å². The minimum absolute atomic E-state index is 0.0427. The molecule has 1 fully saturated rings. The zero-order chi connectivity index (χ0) is 17.0. The second kappa shape index (κ2) is 6.98. The number of nitrogens with one attached hydrogen (secondary N) is 2. The maximum Gasteiger partial charge on any atom is 0.252 e. The predicted molar refractivity (Wildman–Crippen MR) is 90.5 cm³/mol. The van der Waals surface area contributed by atoms with E-state index in [-0.39, 0.29) is 17.4 Å². The number of nitrogens with zero attached hydrogens (tertiary/aromatic N) is 2. The van der Waals surface area contributed by atoms with Crippen molar-refractivity contribution < 1.29 is 9.59 Å². The molecule has 1 atom stereocenters. The van der Waals surface area contributed by atoms with Crippen LogP contribution in [0, 0.1) is 0 Å². The normalized spacial score (nSPS) is 20.5. The molecule has 1 aliphatic heterocycles. The van der Waals surface area contributed by atoms with Gasteiger partial charge in [-0.1, -0.05) is 0 Å². The van der Waals surface area contributed by atoms with Gasteiger partial charge in [-0.05, 0) is 46.2 Å². The van der Waals surface area contributed by atoms with Crippen molar-refractivity contribution in [3.05, 3.63) is 23.9 Å². The van der Waals surface area contributed by atoms with Crippen LogP contribution in [-0.4, -0.2) is 41.5 Å². The molecule has 0 aromatic carbocycles. The molecule has 2 heterocycles. The fourth-order valence-corrected chi connectivity index (χ4v) is 2.84. The molecule has 0 spiro atoms. The molecule has 2 N–H and O–H groups in total. The van der Waals surface area contributed by atoms with Crippen LogP contribution in [0.3, 0.4) is 0 Å². The van der Waals surface area contributed by atoms with Gasteiger partial charge in [0.15, 0.2) is 0 Å². The van der Waals surface area contributed by atoms with Crippen molar-refractivity contribution in [3.63, 3.8) is 0 Å². The van der Waals surface area contributed by atoms with Gasteiger partial charge in [0.1, 0.15) is 5.82 Å². The van der Waals surface area contributed by atoms with Crippen LogP contribution in [0.5, 0.6) is 0 Å². The maximum atomic E-state index is 12.2. The number of pyridine rings is 1. The number of amides is 2. The van der Waals surface area contributed by atoms with Gasteiger partial charge < -0.3 is 15.5 Å². The van der Waals surface area contributed by atoms with Crippen LogP contribution in [0.1, 0.15) is 50.9 Å². The van der Waals surface area contributed by atoms with E-state index in [9.17, 15) is 9.59 Å². The van der Waals surface area contributed by atoms with Crippen molar-refractivity contribution in [2.45, 2.75) is 52.1 Å². The Morgan fingerprint density at radius 3 is 2.70 bits per heavy atom. The van der Waals surface area contributed by atoms with Crippen LogP contribution < -0.4 is 15.5 Å². The van der Waals surface area contributed by atoms with Crippen LogP contribution in [0.2, 0.25) is 0 Å². The molecule has 1 aromatic heterocycles. The summed E-state index contributed by atoms with van der Waals surface area (Å²) < 4.78 is 0. The number of carbonyl (C=O) groups is 2. The first-order valence-corrected chi connectivity index (χ1v) is 8.16. The lowest BCUT2D eigenvalue weighted by Crippen LogP contribution is -2.48. The van der Waals surface area contributed by atoms with Gasteiger partial charge in [-0.25, -0.2) is 4.98 Å². The molecule has 1 unspecified atom stereocenters. The van der Waals surface area contributed by atoms with Gasteiger partial charge in [0.05, 0.1) is 11.1 Å². The van der Waals surface area contributed by atoms with E-state index in [4.69, 9.17) is 0 Å². The standard InChI is InChI=1S/C17H26N4O2/c1-5-21(12(2)3)14-7-6-13(10-18-14)16(23)19-11-17(4)9-8-15(22)20-17/h6-7,10,12H,5,8-9,11H2,1-4H3,(H,19,23)(H,20,22). The van der Waals surface area contributed by atoms with Gasteiger partial charge in [0.25, 0.3) is 5.91 Å². The highest BCUT2D eigenvalue weighted by molar-refractivity contribution is 5.94. The summed E-state index contributed by atoms with van der Waals surface area (Å²) in [7, 11) is 0. The second-order valence-electron chi connectivity index (χ2n) is 6.58. The molecular formula is C17H26N4O2. The fraction of sp³-hybridized carbons (Fsp3) is 0.588. The molecule has 6 nitrogen and oxygen atoms in total. The van der Waals surface area contributed by atoms with E-state index in [1.165, 1.54) is 0 Å². The molecule has 0 aliphatic carbocycles. The summed E-state index contributed by atoms with van der Waals surface area (Å²) in [5.74, 6) is 0.745. The Morgan fingerprint density at radius 1 is 1.48 bits per heavy atom. The summed E-state index contributed by atoms with van der Waals surface area (Å²) in [5, 5.41) is 5.79. The van der Waals surface area contributed by atoms with Crippen molar-refractivity contribution in [3.8, 4) is 0 Å². The lowest BCUT2D eigenvalue weighted by atomic mass is 10.0. The number of carbonyl (C=O) groups excluding carboxylic acids is 2. The lowest BCUT2D eigenvalue weighted by molar-refractivity contribution is -0.119. The van der Waals surface area contributed by atoms with E-state index in [0.717, 1.165) is 18.8 Å². The average Bonchev–Trinajstić information content (AvgIpc) is 2.86. The van der Waals surface area contributed by atoms with Crippen LogP contribution in [0.25, 0.3) is 0 Å². The molecule has 126 valence electrons. The topological polar surface area (TPSA) is 74.3 Å². The summed E-state index contributed by atoms with van der Waals surface area (Å²) >= 11 is 0. The molecule has 0 saturated carbocycles. The smallest absolute Gasteiger partial charge is 0.252 e. The third-order valence-electron chi connectivity index (χ3n) is 4.25. The Morgan fingerprint density at radius 2 is 2.22 bits per heavy atom. The zero-order valence-electron chi connectivity index (χ0n) is 14.3. The van der Waals surface area contributed by atoms with Crippen LogP contribution in [-0.2, 0) is 4.79 Å². The number of aromatic nitrogens is 1. The third-order valence-corrected chi connectivity index (χ3v) is 4.25. The van der Waals surface area contributed by atoms with E-state index >= 15 is 0 Å². The molecule has 1 aromatic rings. The highest BCUT2D eigenvalue weighted by Crippen LogP contribution is 2.19. The Kier molecular flexibility index (Phi) is 5.23. The first kappa shape index (κ1) is 17.2. The number of hydrogen-bond donors (Lipinski definition) is 2. The zero-order valence-corrected chi connectivity index (χ0v) is 14.3. The molecule has 23 heavy (non-hydrogen) atoms. The highest BCUT2D eigenvalue weighted by Gasteiger charge is 2.33. The first-order valence-electron chi connectivity index (χ1n) is 8.16. The number of anilines is 1. The van der Waals surface area contributed by atoms with Crippen molar-refractivity contribution in [1.29, 1.82) is 0 Å². The summed E-state index contributed by atoms with van der Waals surface area (Å²) in [4.78, 5) is 30.1. The van der Waals surface area contributed by atoms with E-state index < -0.39 is 0 Å². The van der Waals surface area contributed by atoms with Gasteiger partial charge >= 0.3 is 0 Å². The van der Waals surface area contributed by atoms with Gasteiger partial charge in [-0.2, -0.15) is 0 Å². The van der Waals surface area contributed by atoms with Crippen molar-refractivity contribution in [2.24, 2.45) is 0 Å². The largest absolute Gasteiger partial charge is 0.354 e. The van der Waals surface area contributed by atoms with E-state index in [1.807, 2.05) is 13.0 Å². The van der Waals surface area contributed by atoms with Gasteiger partial charge in [-0.15, -0.1) is 0 Å². The Hall–Kier alpha value is -2.11. The second-order valence-corrected chi connectivity index (χ2v) is 6.58. The minimum Gasteiger partial charge on any atom is -0.354 e. The SMILES string of the molecule is CCN(c1ccc(C(=O)NCC2(C)CCC(=O)N2)cn1)C(C)C. The highest BCUT2D eigenvalue weighted by atomic mass is 16.2. The van der Waals surface area contributed by atoms with Crippen molar-refractivity contribution in [2.75, 3.05) is 18.0 Å². The summed E-state index contributed by atoms with van der Waals surface area (Å²) in [6.07, 6.45) is 2.86. The van der Waals surface area contributed by atoms with E-state index in [2.05, 4.69) is 41.3 Å². The van der Waals surface area contributed by atoms with Crippen LogP contribution >= 0.6 is 0 Å². The Labute approximate surface area is 137 Å². The molecular weight excluding hydrogens is 292 g/mol. The molecule has 1 aliphatic rings. The summed E-state index contributed by atoms with van der Waals surface area (Å²) in [6.45, 7) is 9.55. The molecule has 2 rings (SSSR count). The quantitative estimate of drug-likeness (QED) is 0.837. The van der Waals surface area contributed by atoms with E-state index in [1.54, 1.807) is 12.3 Å². The van der Waals surface area contributed by atoms with Gasteiger partial charge in [0, 0.05) is 31.7 Å². The monoisotopic (exact) mass is 318 g/mol.